The number of aliphatic hydroxyl groups is 4. The van der Waals surface area contributed by atoms with E-state index in [-0.39, 0.29) is 127 Å². The molecule has 0 fully saturated rings. The first-order valence-electron chi connectivity index (χ1n) is 38.3. The molecule has 0 atom stereocenters. The molecule has 10 heterocycles. The minimum absolute atomic E-state index is 0. The number of ketones is 4. The van der Waals surface area contributed by atoms with Crippen molar-refractivity contribution in [2.24, 2.45) is 20.0 Å². The summed E-state index contributed by atoms with van der Waals surface area (Å²) in [5, 5.41) is 46.7. The van der Waals surface area contributed by atoms with Gasteiger partial charge in [-0.05, 0) is 121 Å². The van der Waals surface area contributed by atoms with Crippen LogP contribution in [0.15, 0.2) is 323 Å². The topological polar surface area (TPSA) is 312 Å². The minimum Gasteiger partial charge on any atom is -0.512 e. The van der Waals surface area contributed by atoms with Crippen LogP contribution in [-0.4, -0.2) is 103 Å². The Bertz CT molecular complexity index is 7140. The normalized spacial score (nSPS) is 11.6. The van der Waals surface area contributed by atoms with E-state index in [0.29, 0.717) is 13.3 Å². The Kier molecular flexibility index (Phi) is 35.6. The average Bonchev–Trinajstić information content (AvgIpc) is 1.60. The molecule has 20 rings (SSSR count). The Balaban J connectivity index is 0.000000172. The molecule has 640 valence electrons. The number of aromatic nitrogens is 10. The van der Waals surface area contributed by atoms with Crippen LogP contribution in [0.3, 0.4) is 0 Å². The fraction of sp³-hybridized carbons (Fsp3) is 0.102. The first-order chi connectivity index (χ1) is 59.2. The molecule has 18 aromatic rings. The Labute approximate surface area is 786 Å². The van der Waals surface area contributed by atoms with Gasteiger partial charge in [-0.3, -0.25) is 39.1 Å². The van der Waals surface area contributed by atoms with Crippen molar-refractivity contribution in [1.29, 1.82) is 0 Å². The molecule has 0 bridgehead atoms. The number of nitrogens with zero attached hydrogens (tertiary/aromatic N) is 14. The molecule has 22 nitrogen and oxygen atoms in total. The van der Waals surface area contributed by atoms with Crippen LogP contribution < -0.4 is 21.4 Å². The van der Waals surface area contributed by atoms with E-state index < -0.39 is 0 Å². The zero-order chi connectivity index (χ0) is 85.8. The van der Waals surface area contributed by atoms with Crippen LogP contribution in [0.25, 0.3) is 144 Å². The maximum Gasteiger partial charge on any atom is 0.155 e. The quantitative estimate of drug-likeness (QED) is 0.0562. The molecule has 0 aliphatic carbocycles. The van der Waals surface area contributed by atoms with Gasteiger partial charge >= 0.3 is 0 Å². The van der Waals surface area contributed by atoms with Crippen LogP contribution in [0.5, 0.6) is 0 Å². The molecule has 28 heteroatoms. The van der Waals surface area contributed by atoms with Crippen molar-refractivity contribution in [2.45, 2.75) is 55.4 Å². The van der Waals surface area contributed by atoms with Crippen molar-refractivity contribution < 1.29 is 120 Å². The molecule has 4 radical (unpaired) electrons. The number of pyridine rings is 4. The SMILES string of the molecule is CC(=O)C=C(C)O.CC(=O)C=C(C)O.CC(=O)C=C(C)O.CC(=O)C=C(C)O.[Ir].[Ir].[Ir].[Ir].[c-]1cc(-n2c3ccccc3c3ccccc32)ccc1-c1nccc2c1=NCN=2.[c-]1cc(-n2c3ccccc3c3ccccc32)ccc1-c1nccc2nsnc12.[c-]1ccc2ccccc2c1-c1cc2nsnc2cn1.[c-]1ccc2ccccc2c1-c1nccc2c1=NCN=2. The Morgan fingerprint density at radius 3 is 1.15 bits per heavy atom. The van der Waals surface area contributed by atoms with E-state index in [0.717, 1.165) is 111 Å². The molecule has 10 aromatic carbocycles. The van der Waals surface area contributed by atoms with Crippen LogP contribution in [0.1, 0.15) is 55.4 Å². The summed E-state index contributed by atoms with van der Waals surface area (Å²) < 4.78 is 21.7. The predicted octanol–water partition coefficient (Wildman–Crippen LogP) is 19.3. The van der Waals surface area contributed by atoms with Crippen LogP contribution in [0.4, 0.5) is 0 Å². The maximum atomic E-state index is 10.0. The van der Waals surface area contributed by atoms with Gasteiger partial charge in [0.15, 0.2) is 23.1 Å². The molecule has 2 aliphatic rings. The monoisotopic (exact) mass is 2410 g/mol. The minimum atomic E-state index is -0.125. The molecule has 0 unspecified atom stereocenters. The predicted molar refractivity (Wildman–Crippen MR) is 482 cm³/mol. The summed E-state index contributed by atoms with van der Waals surface area (Å²) in [5.74, 6) is -0.250. The van der Waals surface area contributed by atoms with Crippen LogP contribution in [0.2, 0.25) is 0 Å². The standard InChI is InChI=1S/C24H15N4.C23H13N4S.C16H10N3.C15H8N3S.4C5H8O2.4Ir/c1-3-7-21-18(5-1)19-6-2-4-8-22(19)28(21)17-11-9-16(10-12-17)23-24-20(13-14-25-23)26-15-27-24;1-3-7-20-17(5-1)18-6-2-4-8-21(18)27(20)16-11-9-15(10-12-16)22-23-19(13-14-24-22)25-28-26-23;1-2-6-12-11(4-1)5-3-7-13(12)15-16-14(8-9-17-15)18-10-19-16;1-2-6-11-10(4-1)5-3-7-12(11)13-8-14-15(9-16-13)18-19-17-14;4*1-4(6)3-5(2)7;;;;/h1-9,11-14H,15H2;1-9,11-14H;1-6,8-9H,10H2;1-6,8-9H;4*3,6H,1-2H3;;;;/q4*-1;;;;;;;;. The third-order valence-corrected chi connectivity index (χ3v) is 19.5. The Hall–Kier alpha value is -12.8. The molecule has 0 saturated heterocycles. The number of hydrogen-bond acceptors (Lipinski definition) is 22. The number of hydrogen-bond donors (Lipinski definition) is 4. The van der Waals surface area contributed by atoms with E-state index in [1.165, 1.54) is 158 Å². The summed E-state index contributed by atoms with van der Waals surface area (Å²) in [6.45, 7) is 12.4. The Morgan fingerprint density at radius 1 is 0.357 bits per heavy atom. The fourth-order valence-electron chi connectivity index (χ4n) is 13.7. The van der Waals surface area contributed by atoms with Crippen molar-refractivity contribution >= 4 is 134 Å². The molecular weight excluding hydrogens is 2330 g/mol. The number of benzene rings is 10. The molecule has 2 aliphatic heterocycles. The molecule has 0 spiro atoms. The number of fused-ring (bicyclic) bond motifs is 12. The third kappa shape index (κ3) is 24.2. The van der Waals surface area contributed by atoms with Crippen LogP contribution in [-0.2, 0) is 99.6 Å². The molecular formula is C98H78Ir4N14O8S2-4. The van der Waals surface area contributed by atoms with Gasteiger partial charge < -0.3 is 49.5 Å². The van der Waals surface area contributed by atoms with Crippen molar-refractivity contribution in [2.75, 3.05) is 13.3 Å². The second-order valence-corrected chi connectivity index (χ2v) is 28.8. The van der Waals surface area contributed by atoms with Gasteiger partial charge in [0.1, 0.15) is 18.9 Å². The number of carbonyl (C=O) groups excluding carboxylic acids is 4. The summed E-state index contributed by atoms with van der Waals surface area (Å²) in [4.78, 5) is 75.7. The van der Waals surface area contributed by atoms with Crippen molar-refractivity contribution in [3.05, 3.63) is 348 Å². The first-order valence-corrected chi connectivity index (χ1v) is 39.8. The van der Waals surface area contributed by atoms with Gasteiger partial charge in [-0.15, -0.1) is 118 Å². The van der Waals surface area contributed by atoms with E-state index in [2.05, 4.69) is 249 Å². The van der Waals surface area contributed by atoms with Gasteiger partial charge in [-0.25, -0.2) is 0 Å². The molecule has 4 N–H and O–H groups in total. The van der Waals surface area contributed by atoms with Gasteiger partial charge in [0, 0.05) is 190 Å². The summed E-state index contributed by atoms with van der Waals surface area (Å²) in [7, 11) is 0. The summed E-state index contributed by atoms with van der Waals surface area (Å²) in [6.07, 6.45) is 11.8. The second kappa shape index (κ2) is 46.2. The summed E-state index contributed by atoms with van der Waals surface area (Å²) >= 11 is 2.42. The van der Waals surface area contributed by atoms with E-state index in [1.807, 2.05) is 72.8 Å². The zero-order valence-corrected chi connectivity index (χ0v) is 80.0. The average molecular weight is 2410 g/mol. The largest absolute Gasteiger partial charge is 0.512 e. The van der Waals surface area contributed by atoms with Crippen LogP contribution >= 0.6 is 23.5 Å². The molecule has 8 aromatic heterocycles. The van der Waals surface area contributed by atoms with E-state index in [1.54, 1.807) is 24.8 Å². The van der Waals surface area contributed by atoms with E-state index >= 15 is 0 Å². The van der Waals surface area contributed by atoms with Gasteiger partial charge in [0.25, 0.3) is 0 Å². The number of carbonyl (C=O) groups is 4. The second-order valence-electron chi connectivity index (χ2n) is 27.7. The number of aliphatic hydroxyl groups excluding tert-OH is 4. The third-order valence-electron chi connectivity index (χ3n) is 18.4. The molecule has 126 heavy (non-hydrogen) atoms. The summed E-state index contributed by atoms with van der Waals surface area (Å²) in [6, 6.07) is 92.0. The van der Waals surface area contributed by atoms with Crippen molar-refractivity contribution in [1.82, 2.24) is 46.6 Å². The van der Waals surface area contributed by atoms with Gasteiger partial charge in [0.05, 0.1) is 84.5 Å². The zero-order valence-electron chi connectivity index (χ0n) is 68.8. The molecule has 0 amide bonds. The number of rotatable bonds is 10. The van der Waals surface area contributed by atoms with Crippen molar-refractivity contribution in [3.8, 4) is 56.4 Å². The maximum absolute atomic E-state index is 10.0. The number of allylic oxidation sites excluding steroid dienone is 8. The van der Waals surface area contributed by atoms with E-state index in [4.69, 9.17) is 20.4 Å². The summed E-state index contributed by atoms with van der Waals surface area (Å²) in [5.41, 5.74) is 17.6. The number of para-hydroxylation sites is 4. The molecule has 0 saturated carbocycles. The van der Waals surface area contributed by atoms with Crippen molar-refractivity contribution in [3.63, 3.8) is 0 Å². The first kappa shape index (κ1) is 97.0. The smallest absolute Gasteiger partial charge is 0.155 e. The fourth-order valence-corrected chi connectivity index (χ4v) is 14.7. The van der Waals surface area contributed by atoms with Gasteiger partial charge in [-0.1, -0.05) is 132 Å². The van der Waals surface area contributed by atoms with Crippen LogP contribution in [0, 0.1) is 24.3 Å². The van der Waals surface area contributed by atoms with Gasteiger partial charge in [0.2, 0.25) is 0 Å². The van der Waals surface area contributed by atoms with E-state index in [9.17, 15) is 19.2 Å². The van der Waals surface area contributed by atoms with Gasteiger partial charge in [-0.2, -0.15) is 17.5 Å². The Morgan fingerprint density at radius 2 is 0.722 bits per heavy atom.